The van der Waals surface area contributed by atoms with Crippen LogP contribution in [0, 0.1) is 5.92 Å². The number of amides is 1. The maximum atomic E-state index is 11.6. The SMILES string of the molecule is C=NC(C(/C=C/C)C(O)NC1/C=C/C(C)=C\C(=O)N/C=C/C1)N1CCOCC1. The largest absolute Gasteiger partial charge is 0.379 e. The van der Waals surface area contributed by atoms with E-state index in [1.807, 2.05) is 44.2 Å². The zero-order chi connectivity index (χ0) is 20.4. The number of carbonyl (C=O) groups excluding carboxylic acids is 1. The normalized spacial score (nSPS) is 29.2. The average molecular weight is 389 g/mol. The van der Waals surface area contributed by atoms with Crippen LogP contribution in [0.3, 0.4) is 0 Å². The van der Waals surface area contributed by atoms with Crippen LogP contribution < -0.4 is 10.6 Å². The van der Waals surface area contributed by atoms with Crippen LogP contribution in [0.1, 0.15) is 20.3 Å². The number of nitrogens with one attached hydrogen (secondary N) is 2. The standard InChI is InChI=1S/C21H32N4O3/c1-4-6-18(20(22-3)25-11-13-28-14-12-25)21(27)24-17-7-5-10-23-19(26)15-16(2)8-9-17/h4-6,8-10,15,17-18,20-21,24,27H,3,7,11-14H2,1-2H3,(H,23,26)/b6-4+,9-8+,10-5+,16-15-. The Kier molecular flexibility index (Phi) is 9.30. The average Bonchev–Trinajstić information content (AvgIpc) is 2.69. The maximum Gasteiger partial charge on any atom is 0.248 e. The topological polar surface area (TPSA) is 86.2 Å². The van der Waals surface area contributed by atoms with Crippen LogP contribution in [0.4, 0.5) is 0 Å². The van der Waals surface area contributed by atoms with Crippen molar-refractivity contribution in [2.45, 2.75) is 38.7 Å². The Morgan fingerprint density at radius 2 is 2.21 bits per heavy atom. The number of carbonyl (C=O) groups is 1. The Bertz CT molecular complexity index is 636. The van der Waals surface area contributed by atoms with Crippen molar-refractivity contribution in [2.24, 2.45) is 10.9 Å². The van der Waals surface area contributed by atoms with Gasteiger partial charge < -0.3 is 15.2 Å². The molecule has 3 N–H and O–H groups in total. The number of hydrogen-bond donors (Lipinski definition) is 3. The maximum absolute atomic E-state index is 11.6. The first kappa shape index (κ1) is 22.2. The highest BCUT2D eigenvalue weighted by molar-refractivity contribution is 5.89. The molecule has 0 saturated carbocycles. The van der Waals surface area contributed by atoms with Crippen LogP contribution in [-0.4, -0.2) is 67.4 Å². The van der Waals surface area contributed by atoms with Crippen molar-refractivity contribution in [2.75, 3.05) is 26.3 Å². The van der Waals surface area contributed by atoms with Gasteiger partial charge in [-0.3, -0.25) is 20.0 Å². The smallest absolute Gasteiger partial charge is 0.248 e. The number of aliphatic hydroxyl groups is 1. The summed E-state index contributed by atoms with van der Waals surface area (Å²) in [4.78, 5) is 18.1. The number of hydrogen-bond acceptors (Lipinski definition) is 6. The van der Waals surface area contributed by atoms with Gasteiger partial charge in [0.15, 0.2) is 0 Å². The van der Waals surface area contributed by atoms with E-state index in [9.17, 15) is 9.90 Å². The van der Waals surface area contributed by atoms with Gasteiger partial charge in [0.2, 0.25) is 5.91 Å². The van der Waals surface area contributed by atoms with Crippen molar-refractivity contribution in [3.63, 3.8) is 0 Å². The quantitative estimate of drug-likeness (QED) is 0.348. The van der Waals surface area contributed by atoms with E-state index in [0.29, 0.717) is 19.6 Å². The van der Waals surface area contributed by atoms with Crippen molar-refractivity contribution >= 4 is 12.6 Å². The van der Waals surface area contributed by atoms with Crippen LogP contribution in [0.15, 0.2) is 53.2 Å². The molecule has 4 unspecified atom stereocenters. The summed E-state index contributed by atoms with van der Waals surface area (Å²) in [5.41, 5.74) is 0.845. The van der Waals surface area contributed by atoms with Gasteiger partial charge in [0.05, 0.1) is 19.1 Å². The zero-order valence-electron chi connectivity index (χ0n) is 16.8. The molecule has 0 bridgehead atoms. The van der Waals surface area contributed by atoms with Crippen molar-refractivity contribution in [3.8, 4) is 0 Å². The molecule has 0 aromatic carbocycles. The van der Waals surface area contributed by atoms with Gasteiger partial charge in [-0.25, -0.2) is 0 Å². The second-order valence-electron chi connectivity index (χ2n) is 6.96. The molecular weight excluding hydrogens is 356 g/mol. The van der Waals surface area contributed by atoms with E-state index in [-0.39, 0.29) is 24.0 Å². The minimum atomic E-state index is -0.806. The van der Waals surface area contributed by atoms with Crippen LogP contribution in [0.25, 0.3) is 0 Å². The Labute approximate surface area is 167 Å². The predicted octanol–water partition coefficient (Wildman–Crippen LogP) is 1.35. The Balaban J connectivity index is 2.12. The third-order valence-corrected chi connectivity index (χ3v) is 4.80. The lowest BCUT2D eigenvalue weighted by atomic mass is 10.00. The van der Waals surface area contributed by atoms with Crippen molar-refractivity contribution < 1.29 is 14.6 Å². The number of aliphatic imine (C=N–C) groups is 1. The molecule has 1 fully saturated rings. The van der Waals surface area contributed by atoms with Crippen LogP contribution in [0.5, 0.6) is 0 Å². The Hall–Kier alpha value is -2.06. The van der Waals surface area contributed by atoms with Gasteiger partial charge in [0, 0.05) is 31.4 Å². The molecule has 4 atom stereocenters. The Morgan fingerprint density at radius 1 is 1.46 bits per heavy atom. The molecule has 2 aliphatic rings. The summed E-state index contributed by atoms with van der Waals surface area (Å²) >= 11 is 0. The minimum absolute atomic E-state index is 0.0903. The summed E-state index contributed by atoms with van der Waals surface area (Å²) in [6.45, 7) is 10.4. The molecule has 154 valence electrons. The molecule has 0 aliphatic carbocycles. The van der Waals surface area contributed by atoms with Crippen molar-refractivity contribution in [1.29, 1.82) is 0 Å². The predicted molar refractivity (Wildman–Crippen MR) is 112 cm³/mol. The molecule has 7 nitrogen and oxygen atoms in total. The number of ether oxygens (including phenoxy) is 1. The van der Waals surface area contributed by atoms with Crippen molar-refractivity contribution in [3.05, 3.63) is 48.2 Å². The van der Waals surface area contributed by atoms with Crippen molar-refractivity contribution in [1.82, 2.24) is 15.5 Å². The summed E-state index contributed by atoms with van der Waals surface area (Å²) in [5.74, 6) is -0.395. The molecule has 1 saturated heterocycles. The van der Waals surface area contributed by atoms with Gasteiger partial charge >= 0.3 is 0 Å². The van der Waals surface area contributed by atoms with Gasteiger partial charge in [0.1, 0.15) is 12.4 Å². The molecular formula is C21H32N4O3. The van der Waals surface area contributed by atoms with Crippen LogP contribution in [0.2, 0.25) is 0 Å². The highest BCUT2D eigenvalue weighted by atomic mass is 16.5. The van der Waals surface area contributed by atoms with E-state index in [1.165, 1.54) is 0 Å². The second-order valence-corrected chi connectivity index (χ2v) is 6.96. The number of allylic oxidation sites excluding steroid dienone is 3. The number of morpholine rings is 1. The van der Waals surface area contributed by atoms with E-state index >= 15 is 0 Å². The number of nitrogens with zero attached hydrogens (tertiary/aromatic N) is 2. The zero-order valence-corrected chi connectivity index (χ0v) is 16.8. The third kappa shape index (κ3) is 6.83. The number of rotatable bonds is 7. The molecule has 2 rings (SSSR count). The van der Waals surface area contributed by atoms with Crippen LogP contribution in [-0.2, 0) is 9.53 Å². The summed E-state index contributed by atoms with van der Waals surface area (Å²) in [6.07, 6.45) is 12.4. The first-order chi connectivity index (χ1) is 13.5. The molecule has 2 aliphatic heterocycles. The summed E-state index contributed by atoms with van der Waals surface area (Å²) in [5, 5.41) is 17.0. The number of aliphatic hydroxyl groups excluding tert-OH is 1. The van der Waals surface area contributed by atoms with E-state index in [4.69, 9.17) is 4.74 Å². The van der Waals surface area contributed by atoms with Gasteiger partial charge in [-0.15, -0.1) is 0 Å². The first-order valence-electron chi connectivity index (χ1n) is 9.71. The lowest BCUT2D eigenvalue weighted by Crippen LogP contribution is -2.52. The lowest BCUT2D eigenvalue weighted by molar-refractivity contribution is -0.115. The summed E-state index contributed by atoms with van der Waals surface area (Å²) in [6, 6.07) is -0.0903. The fourth-order valence-corrected chi connectivity index (χ4v) is 3.37. The fraction of sp³-hybridized carbons (Fsp3) is 0.524. The van der Waals surface area contributed by atoms with Gasteiger partial charge in [-0.2, -0.15) is 0 Å². The van der Waals surface area contributed by atoms with Gasteiger partial charge in [-0.1, -0.05) is 30.4 Å². The summed E-state index contributed by atoms with van der Waals surface area (Å²) in [7, 11) is 0. The highest BCUT2D eigenvalue weighted by Gasteiger charge is 2.31. The van der Waals surface area contributed by atoms with Gasteiger partial charge in [-0.05, 0) is 32.6 Å². The van der Waals surface area contributed by atoms with Crippen LogP contribution >= 0.6 is 0 Å². The lowest BCUT2D eigenvalue weighted by Gasteiger charge is -2.38. The third-order valence-electron chi connectivity index (χ3n) is 4.80. The molecule has 7 heteroatoms. The van der Waals surface area contributed by atoms with E-state index in [1.54, 1.807) is 12.3 Å². The van der Waals surface area contributed by atoms with E-state index in [0.717, 1.165) is 18.7 Å². The monoisotopic (exact) mass is 388 g/mol. The molecule has 0 aromatic rings. The molecule has 1 amide bonds. The van der Waals surface area contributed by atoms with E-state index < -0.39 is 6.23 Å². The molecule has 0 radical (unpaired) electrons. The molecule has 0 spiro atoms. The summed E-state index contributed by atoms with van der Waals surface area (Å²) < 4.78 is 5.43. The van der Waals surface area contributed by atoms with E-state index in [2.05, 4.69) is 27.2 Å². The highest BCUT2D eigenvalue weighted by Crippen LogP contribution is 2.20. The Morgan fingerprint density at radius 3 is 2.89 bits per heavy atom. The molecule has 2 heterocycles. The minimum Gasteiger partial charge on any atom is -0.379 e. The first-order valence-corrected chi connectivity index (χ1v) is 9.71. The molecule has 28 heavy (non-hydrogen) atoms. The van der Waals surface area contributed by atoms with Gasteiger partial charge in [0.25, 0.3) is 0 Å². The second kappa shape index (κ2) is 11.7. The fourth-order valence-electron chi connectivity index (χ4n) is 3.37. The molecule has 0 aromatic heterocycles.